The fourth-order valence-corrected chi connectivity index (χ4v) is 3.73. The maximum atomic E-state index is 6.34. The van der Waals surface area contributed by atoms with E-state index in [2.05, 4.69) is 16.5 Å². The second kappa shape index (κ2) is 5.64. The number of hydrogen-bond acceptors (Lipinski definition) is 1. The predicted octanol–water partition coefficient (Wildman–Crippen LogP) is 6.22. The minimum Gasteiger partial charge on any atom is -0.326 e. The number of rotatable bonds is 4. The Hall–Kier alpha value is -0.440. The molecule has 1 aliphatic carbocycles. The first-order valence-corrected chi connectivity index (χ1v) is 8.64. The van der Waals surface area contributed by atoms with Gasteiger partial charge in [-0.1, -0.05) is 36.5 Å². The van der Waals surface area contributed by atoms with Gasteiger partial charge in [-0.2, -0.15) is 0 Å². The van der Waals surface area contributed by atoms with E-state index in [0.29, 0.717) is 15.5 Å². The van der Waals surface area contributed by atoms with Crippen LogP contribution in [0.4, 0.5) is 0 Å². The van der Waals surface area contributed by atoms with Crippen LogP contribution < -0.4 is 0 Å². The van der Waals surface area contributed by atoms with Crippen LogP contribution in [0.15, 0.2) is 12.1 Å². The van der Waals surface area contributed by atoms with Crippen molar-refractivity contribution in [3.05, 3.63) is 28.0 Å². The highest BCUT2D eigenvalue weighted by atomic mass is 35.5. The van der Waals surface area contributed by atoms with Gasteiger partial charge in [0, 0.05) is 6.54 Å². The van der Waals surface area contributed by atoms with Gasteiger partial charge in [-0.15, -0.1) is 11.6 Å². The van der Waals surface area contributed by atoms with Crippen molar-refractivity contribution in [3.63, 3.8) is 0 Å². The van der Waals surface area contributed by atoms with Gasteiger partial charge in [-0.25, -0.2) is 4.98 Å². The molecule has 0 saturated heterocycles. The molecule has 1 unspecified atom stereocenters. The standard InChI is InChI=1S/C16H19Cl3N2/c1-3-16(5-4-6-16)9-21-14-8-12(19)11(18)7-13(14)20-15(21)10(2)17/h7-8,10H,3-6,9H2,1-2H3. The van der Waals surface area contributed by atoms with E-state index in [1.807, 2.05) is 19.1 Å². The van der Waals surface area contributed by atoms with Crippen molar-refractivity contribution in [1.29, 1.82) is 0 Å². The van der Waals surface area contributed by atoms with Crippen LogP contribution in [0.1, 0.15) is 50.7 Å². The number of alkyl halides is 1. The zero-order chi connectivity index (χ0) is 15.2. The van der Waals surface area contributed by atoms with Gasteiger partial charge >= 0.3 is 0 Å². The van der Waals surface area contributed by atoms with Crippen LogP contribution >= 0.6 is 34.8 Å². The summed E-state index contributed by atoms with van der Waals surface area (Å²) in [6.07, 6.45) is 5.06. The highest BCUT2D eigenvalue weighted by molar-refractivity contribution is 6.42. The second-order valence-corrected chi connectivity index (χ2v) is 7.60. The van der Waals surface area contributed by atoms with Crippen molar-refractivity contribution >= 4 is 45.8 Å². The van der Waals surface area contributed by atoms with Crippen molar-refractivity contribution in [1.82, 2.24) is 9.55 Å². The molecule has 0 spiro atoms. The Bertz CT molecular complexity index is 666. The van der Waals surface area contributed by atoms with Gasteiger partial charge in [0.15, 0.2) is 0 Å². The summed E-state index contributed by atoms with van der Waals surface area (Å²) in [6.45, 7) is 5.19. The molecule has 1 atom stereocenters. The van der Waals surface area contributed by atoms with E-state index >= 15 is 0 Å². The van der Waals surface area contributed by atoms with Crippen molar-refractivity contribution < 1.29 is 0 Å². The van der Waals surface area contributed by atoms with E-state index in [1.54, 1.807) is 0 Å². The molecular weight excluding hydrogens is 327 g/mol. The van der Waals surface area contributed by atoms with E-state index in [1.165, 1.54) is 25.7 Å². The van der Waals surface area contributed by atoms with Gasteiger partial charge in [0.1, 0.15) is 5.82 Å². The number of halogens is 3. The average molecular weight is 346 g/mol. The molecule has 2 nitrogen and oxygen atoms in total. The fourth-order valence-electron chi connectivity index (χ4n) is 3.24. The molecule has 21 heavy (non-hydrogen) atoms. The smallest absolute Gasteiger partial charge is 0.127 e. The third kappa shape index (κ3) is 2.67. The minimum absolute atomic E-state index is 0.135. The number of nitrogens with zero attached hydrogens (tertiary/aromatic N) is 2. The largest absolute Gasteiger partial charge is 0.326 e. The normalized spacial score (nSPS) is 18.7. The third-order valence-electron chi connectivity index (χ3n) is 4.83. The lowest BCUT2D eigenvalue weighted by molar-refractivity contribution is 0.101. The van der Waals surface area contributed by atoms with Crippen LogP contribution in [0.2, 0.25) is 10.0 Å². The van der Waals surface area contributed by atoms with Crippen LogP contribution in [-0.4, -0.2) is 9.55 Å². The lowest BCUT2D eigenvalue weighted by Crippen LogP contribution is -2.34. The van der Waals surface area contributed by atoms with Gasteiger partial charge in [-0.05, 0) is 43.7 Å². The fraction of sp³-hybridized carbons (Fsp3) is 0.562. The first-order valence-electron chi connectivity index (χ1n) is 7.45. The molecule has 0 amide bonds. The van der Waals surface area contributed by atoms with Gasteiger partial charge in [0.05, 0.1) is 26.5 Å². The van der Waals surface area contributed by atoms with E-state index in [9.17, 15) is 0 Å². The maximum absolute atomic E-state index is 6.34. The molecule has 5 heteroatoms. The van der Waals surface area contributed by atoms with Crippen LogP contribution in [0.3, 0.4) is 0 Å². The number of fused-ring (bicyclic) bond motifs is 1. The molecule has 1 aromatic carbocycles. The molecule has 0 radical (unpaired) electrons. The molecule has 0 N–H and O–H groups in total. The summed E-state index contributed by atoms with van der Waals surface area (Å²) < 4.78 is 2.25. The molecule has 1 aliphatic rings. The second-order valence-electron chi connectivity index (χ2n) is 6.13. The SMILES string of the molecule is CCC1(Cn2c(C(C)Cl)nc3cc(Cl)c(Cl)cc32)CCC1. The lowest BCUT2D eigenvalue weighted by Gasteiger charge is -2.42. The van der Waals surface area contributed by atoms with Gasteiger partial charge in [0.2, 0.25) is 0 Å². The summed E-state index contributed by atoms with van der Waals surface area (Å²) in [5.41, 5.74) is 2.30. The molecule has 114 valence electrons. The predicted molar refractivity (Wildman–Crippen MR) is 90.6 cm³/mol. The van der Waals surface area contributed by atoms with Gasteiger partial charge < -0.3 is 4.57 Å². The summed E-state index contributed by atoms with van der Waals surface area (Å²) in [5.74, 6) is 0.907. The first-order chi connectivity index (χ1) is 9.96. The zero-order valence-corrected chi connectivity index (χ0v) is 14.6. The zero-order valence-electron chi connectivity index (χ0n) is 12.3. The molecule has 0 aliphatic heterocycles. The summed E-state index contributed by atoms with van der Waals surface area (Å²) in [7, 11) is 0. The highest BCUT2D eigenvalue weighted by Gasteiger charge is 2.36. The summed E-state index contributed by atoms with van der Waals surface area (Å²) in [5, 5.41) is 0.971. The molecule has 1 saturated carbocycles. The molecule has 0 bridgehead atoms. The molecule has 1 fully saturated rings. The Kier molecular flexibility index (Phi) is 4.15. The van der Waals surface area contributed by atoms with Gasteiger partial charge in [-0.3, -0.25) is 0 Å². The molecular formula is C16H19Cl3N2. The minimum atomic E-state index is -0.135. The van der Waals surface area contributed by atoms with Crippen LogP contribution in [0.25, 0.3) is 11.0 Å². The van der Waals surface area contributed by atoms with Crippen molar-refractivity contribution in [2.24, 2.45) is 5.41 Å². The molecule has 1 aromatic heterocycles. The Morgan fingerprint density at radius 3 is 2.48 bits per heavy atom. The van der Waals surface area contributed by atoms with Crippen LogP contribution in [0.5, 0.6) is 0 Å². The molecule has 1 heterocycles. The summed E-state index contributed by atoms with van der Waals surface area (Å²) >= 11 is 18.7. The first kappa shape index (κ1) is 15.5. The van der Waals surface area contributed by atoms with E-state index in [0.717, 1.165) is 23.4 Å². The van der Waals surface area contributed by atoms with Crippen LogP contribution in [-0.2, 0) is 6.54 Å². The maximum Gasteiger partial charge on any atom is 0.127 e. The summed E-state index contributed by atoms with van der Waals surface area (Å²) in [6, 6.07) is 3.74. The van der Waals surface area contributed by atoms with Crippen molar-refractivity contribution in [2.45, 2.75) is 51.5 Å². The Labute approximate surface area is 140 Å². The monoisotopic (exact) mass is 344 g/mol. The highest BCUT2D eigenvalue weighted by Crippen LogP contribution is 2.46. The number of aromatic nitrogens is 2. The van der Waals surface area contributed by atoms with Gasteiger partial charge in [0.25, 0.3) is 0 Å². The van der Waals surface area contributed by atoms with Crippen molar-refractivity contribution in [2.75, 3.05) is 0 Å². The number of hydrogen-bond donors (Lipinski definition) is 0. The summed E-state index contributed by atoms with van der Waals surface area (Å²) in [4.78, 5) is 4.68. The average Bonchev–Trinajstić information content (AvgIpc) is 2.73. The molecule has 2 aromatic rings. The topological polar surface area (TPSA) is 17.8 Å². The van der Waals surface area contributed by atoms with Crippen molar-refractivity contribution in [3.8, 4) is 0 Å². The Morgan fingerprint density at radius 2 is 1.95 bits per heavy atom. The lowest BCUT2D eigenvalue weighted by atomic mass is 9.67. The molecule has 3 rings (SSSR count). The Balaban J connectivity index is 2.13. The number of benzene rings is 1. The van der Waals surface area contributed by atoms with Crippen LogP contribution in [0, 0.1) is 5.41 Å². The van der Waals surface area contributed by atoms with E-state index in [4.69, 9.17) is 34.8 Å². The quantitative estimate of drug-likeness (QED) is 0.601. The number of imidazole rings is 1. The van der Waals surface area contributed by atoms with E-state index < -0.39 is 0 Å². The van der Waals surface area contributed by atoms with E-state index in [-0.39, 0.29) is 5.38 Å². The Morgan fingerprint density at radius 1 is 1.29 bits per heavy atom. The third-order valence-corrected chi connectivity index (χ3v) is 5.75.